The van der Waals surface area contributed by atoms with E-state index in [1.807, 2.05) is 0 Å². The summed E-state index contributed by atoms with van der Waals surface area (Å²) in [6.07, 6.45) is 0. The molecule has 0 aliphatic heterocycles. The minimum Gasteiger partial charge on any atom is -0.467 e. The second-order valence-electron chi connectivity index (χ2n) is 2.85. The van der Waals surface area contributed by atoms with E-state index in [9.17, 15) is 4.39 Å². The van der Waals surface area contributed by atoms with Crippen molar-refractivity contribution in [2.24, 2.45) is 0 Å². The Kier molecular flexibility index (Phi) is 4.55. The van der Waals surface area contributed by atoms with E-state index < -0.39 is 12.9 Å². The monoisotopic (exact) mass is 214 g/mol. The average molecular weight is 214 g/mol. The lowest BCUT2D eigenvalue weighted by molar-refractivity contribution is 0.0223. The number of hydrogen-bond donors (Lipinski definition) is 2. The molecule has 0 unspecified atom stereocenters. The molecule has 82 valence electrons. The van der Waals surface area contributed by atoms with Gasteiger partial charge in [0.25, 0.3) is 0 Å². The van der Waals surface area contributed by atoms with Crippen molar-refractivity contribution in [3.05, 3.63) is 24.0 Å². The molecule has 6 heteroatoms. The second kappa shape index (κ2) is 5.70. The van der Waals surface area contributed by atoms with Gasteiger partial charge in [0.2, 0.25) is 0 Å². The molecule has 0 aliphatic rings. The van der Waals surface area contributed by atoms with Crippen LogP contribution in [0.15, 0.2) is 18.2 Å². The summed E-state index contributed by atoms with van der Waals surface area (Å²) in [6.45, 7) is 2.30. The molecule has 1 aromatic carbocycles. The Morgan fingerprint density at radius 3 is 2.67 bits per heavy atom. The van der Waals surface area contributed by atoms with Crippen molar-refractivity contribution < 1.29 is 23.9 Å². The Labute approximate surface area is 87.4 Å². The maximum absolute atomic E-state index is 13.0. The van der Waals surface area contributed by atoms with Gasteiger partial charge >= 0.3 is 7.12 Å². The molecule has 0 fully saturated rings. The van der Waals surface area contributed by atoms with Gasteiger partial charge in [0.1, 0.15) is 11.6 Å². The van der Waals surface area contributed by atoms with Gasteiger partial charge in [-0.2, -0.15) is 0 Å². The third-order valence-electron chi connectivity index (χ3n) is 1.70. The minimum absolute atomic E-state index is 0.000910. The predicted molar refractivity (Wildman–Crippen MR) is 53.3 cm³/mol. The van der Waals surface area contributed by atoms with Gasteiger partial charge in [-0.1, -0.05) is 0 Å². The molecule has 0 bridgehead atoms. The van der Waals surface area contributed by atoms with Gasteiger partial charge in [-0.3, -0.25) is 0 Å². The van der Waals surface area contributed by atoms with Crippen LogP contribution in [0.4, 0.5) is 4.39 Å². The quantitative estimate of drug-likeness (QED) is 0.407. The zero-order valence-corrected chi connectivity index (χ0v) is 8.31. The molecular weight excluding hydrogens is 202 g/mol. The standard InChI is InChI=1S/C9H12BFO4/c1-2-14-6-15-9-4-7(10(12)13)3-8(11)5-9/h3-5,12-13H,2,6H2,1H3. The summed E-state index contributed by atoms with van der Waals surface area (Å²) in [7, 11) is -1.71. The average Bonchev–Trinajstić information content (AvgIpc) is 2.17. The van der Waals surface area contributed by atoms with Crippen molar-refractivity contribution in [3.63, 3.8) is 0 Å². The van der Waals surface area contributed by atoms with E-state index in [0.29, 0.717) is 6.61 Å². The fourth-order valence-electron chi connectivity index (χ4n) is 1.01. The molecule has 0 aliphatic carbocycles. The molecule has 2 N–H and O–H groups in total. The molecular formula is C9H12BFO4. The maximum Gasteiger partial charge on any atom is 0.488 e. The lowest BCUT2D eigenvalue weighted by Gasteiger charge is -2.07. The number of rotatable bonds is 5. The topological polar surface area (TPSA) is 58.9 Å². The lowest BCUT2D eigenvalue weighted by Crippen LogP contribution is -2.30. The maximum atomic E-state index is 13.0. The first kappa shape index (κ1) is 12.0. The summed E-state index contributed by atoms with van der Waals surface area (Å²) in [6, 6.07) is 3.51. The third-order valence-corrected chi connectivity index (χ3v) is 1.70. The predicted octanol–water partition coefficient (Wildman–Crippen LogP) is -0.122. The van der Waals surface area contributed by atoms with Crippen LogP contribution in [-0.2, 0) is 4.74 Å². The van der Waals surface area contributed by atoms with E-state index in [2.05, 4.69) is 0 Å². The van der Waals surface area contributed by atoms with Crippen LogP contribution in [0.5, 0.6) is 5.75 Å². The van der Waals surface area contributed by atoms with Gasteiger partial charge in [0.05, 0.1) is 0 Å². The van der Waals surface area contributed by atoms with Gasteiger partial charge in [0.15, 0.2) is 6.79 Å². The molecule has 0 amide bonds. The first-order chi connectivity index (χ1) is 7.13. The fraction of sp³-hybridized carbons (Fsp3) is 0.333. The number of benzene rings is 1. The van der Waals surface area contributed by atoms with Crippen molar-refractivity contribution in [3.8, 4) is 5.75 Å². The Hall–Kier alpha value is -1.11. The van der Waals surface area contributed by atoms with E-state index in [0.717, 1.165) is 12.1 Å². The molecule has 4 nitrogen and oxygen atoms in total. The van der Waals surface area contributed by atoms with Crippen LogP contribution in [0.25, 0.3) is 0 Å². The lowest BCUT2D eigenvalue weighted by atomic mass is 9.80. The Balaban J connectivity index is 2.71. The number of ether oxygens (including phenoxy) is 2. The molecule has 0 saturated heterocycles. The second-order valence-corrected chi connectivity index (χ2v) is 2.85. The summed E-state index contributed by atoms with van der Waals surface area (Å²) >= 11 is 0. The van der Waals surface area contributed by atoms with Crippen LogP contribution < -0.4 is 10.2 Å². The summed E-state index contributed by atoms with van der Waals surface area (Å²) in [5, 5.41) is 17.7. The molecule has 0 spiro atoms. The SMILES string of the molecule is CCOCOc1cc(F)cc(B(O)O)c1. The zero-order valence-electron chi connectivity index (χ0n) is 8.31. The summed E-state index contributed by atoms with van der Waals surface area (Å²) < 4.78 is 22.9. The molecule has 0 aromatic heterocycles. The smallest absolute Gasteiger partial charge is 0.467 e. The fourth-order valence-corrected chi connectivity index (χ4v) is 1.01. The zero-order chi connectivity index (χ0) is 11.3. The van der Waals surface area contributed by atoms with Gasteiger partial charge < -0.3 is 19.5 Å². The third kappa shape index (κ3) is 3.87. The van der Waals surface area contributed by atoms with E-state index in [4.69, 9.17) is 19.5 Å². The summed E-state index contributed by atoms with van der Waals surface area (Å²) in [5.41, 5.74) is 0.0431. The van der Waals surface area contributed by atoms with Crippen molar-refractivity contribution >= 4 is 12.6 Å². The van der Waals surface area contributed by atoms with Crippen LogP contribution in [0, 0.1) is 5.82 Å². The van der Waals surface area contributed by atoms with E-state index in [1.165, 1.54) is 6.07 Å². The first-order valence-corrected chi connectivity index (χ1v) is 4.50. The largest absolute Gasteiger partial charge is 0.488 e. The van der Waals surface area contributed by atoms with E-state index in [1.54, 1.807) is 6.92 Å². The normalized spacial score (nSPS) is 10.1. The Morgan fingerprint density at radius 2 is 2.07 bits per heavy atom. The van der Waals surface area contributed by atoms with Crippen molar-refractivity contribution in [2.45, 2.75) is 6.92 Å². The molecule has 0 heterocycles. The highest BCUT2D eigenvalue weighted by Crippen LogP contribution is 2.10. The molecule has 1 rings (SSSR count). The minimum atomic E-state index is -1.71. The highest BCUT2D eigenvalue weighted by molar-refractivity contribution is 6.58. The van der Waals surface area contributed by atoms with Crippen LogP contribution >= 0.6 is 0 Å². The summed E-state index contributed by atoms with van der Waals surface area (Å²) in [4.78, 5) is 0. The van der Waals surface area contributed by atoms with Gasteiger partial charge in [0, 0.05) is 12.7 Å². The molecule has 15 heavy (non-hydrogen) atoms. The van der Waals surface area contributed by atoms with Crippen molar-refractivity contribution in [1.29, 1.82) is 0 Å². The number of hydrogen-bond acceptors (Lipinski definition) is 4. The summed E-state index contributed by atoms with van der Waals surface area (Å²) in [5.74, 6) is -0.390. The van der Waals surface area contributed by atoms with Crippen LogP contribution in [0.3, 0.4) is 0 Å². The van der Waals surface area contributed by atoms with Crippen LogP contribution in [-0.4, -0.2) is 30.6 Å². The van der Waals surface area contributed by atoms with Crippen LogP contribution in [0.1, 0.15) is 6.92 Å². The van der Waals surface area contributed by atoms with E-state index >= 15 is 0 Å². The van der Waals surface area contributed by atoms with Crippen molar-refractivity contribution in [2.75, 3.05) is 13.4 Å². The molecule has 1 aromatic rings. The molecule has 0 radical (unpaired) electrons. The Bertz CT molecular complexity index is 319. The molecule has 0 atom stereocenters. The number of halogens is 1. The molecule has 0 saturated carbocycles. The van der Waals surface area contributed by atoms with Gasteiger partial charge in [-0.05, 0) is 24.5 Å². The Morgan fingerprint density at radius 1 is 1.33 bits per heavy atom. The van der Waals surface area contributed by atoms with E-state index in [-0.39, 0.29) is 18.0 Å². The van der Waals surface area contributed by atoms with Gasteiger partial charge in [-0.15, -0.1) is 0 Å². The van der Waals surface area contributed by atoms with Gasteiger partial charge in [-0.25, -0.2) is 4.39 Å². The highest BCUT2D eigenvalue weighted by atomic mass is 19.1. The first-order valence-electron chi connectivity index (χ1n) is 4.50. The van der Waals surface area contributed by atoms with Crippen molar-refractivity contribution in [1.82, 2.24) is 0 Å². The highest BCUT2D eigenvalue weighted by Gasteiger charge is 2.13. The van der Waals surface area contributed by atoms with Crippen LogP contribution in [0.2, 0.25) is 0 Å².